The van der Waals surface area contributed by atoms with E-state index in [4.69, 9.17) is 37.4 Å². The van der Waals surface area contributed by atoms with E-state index in [0.29, 0.717) is 45.2 Å². The number of benzene rings is 2. The second-order valence-corrected chi connectivity index (χ2v) is 7.13. The van der Waals surface area contributed by atoms with Crippen molar-refractivity contribution in [1.29, 1.82) is 0 Å². The molecule has 1 N–H and O–H groups in total. The third-order valence-electron chi connectivity index (χ3n) is 4.42. The summed E-state index contributed by atoms with van der Waals surface area (Å²) in [5.74, 6) is 1.77. The van der Waals surface area contributed by atoms with E-state index < -0.39 is 0 Å². The number of anilines is 1. The van der Waals surface area contributed by atoms with Gasteiger partial charge in [-0.15, -0.1) is 0 Å². The molecule has 1 amide bonds. The van der Waals surface area contributed by atoms with Gasteiger partial charge in [0, 0.05) is 6.07 Å². The normalized spacial score (nSPS) is 10.6. The van der Waals surface area contributed by atoms with E-state index in [0.717, 1.165) is 5.56 Å². The van der Waals surface area contributed by atoms with Crippen LogP contribution >= 0.6 is 23.2 Å². The largest absolute Gasteiger partial charge is 0.493 e. The van der Waals surface area contributed by atoms with Crippen LogP contribution in [0.2, 0.25) is 10.0 Å². The van der Waals surface area contributed by atoms with Crippen molar-refractivity contribution in [1.82, 2.24) is 9.78 Å². The Labute approximate surface area is 184 Å². The molecule has 0 aliphatic rings. The summed E-state index contributed by atoms with van der Waals surface area (Å²) in [5, 5.41) is 8.06. The molecule has 1 aromatic heterocycles. The molecule has 3 rings (SSSR count). The number of hydrogen-bond donors (Lipinski definition) is 1. The number of aromatic nitrogens is 2. The number of carbonyl (C=O) groups is 1. The van der Waals surface area contributed by atoms with Gasteiger partial charge in [-0.3, -0.25) is 4.79 Å². The molecule has 0 bridgehead atoms. The van der Waals surface area contributed by atoms with E-state index in [1.54, 1.807) is 35.1 Å². The average Bonchev–Trinajstić information content (AvgIpc) is 3.16. The summed E-state index contributed by atoms with van der Waals surface area (Å²) in [6.45, 7) is 0.367. The monoisotopic (exact) mass is 449 g/mol. The van der Waals surface area contributed by atoms with Crippen molar-refractivity contribution in [3.05, 3.63) is 63.8 Å². The van der Waals surface area contributed by atoms with Crippen LogP contribution in [-0.2, 0) is 17.8 Å². The Kier molecular flexibility index (Phi) is 7.07. The molecule has 9 heteroatoms. The van der Waals surface area contributed by atoms with Gasteiger partial charge in [0.05, 0.1) is 50.5 Å². The molecule has 0 fully saturated rings. The molecule has 1 heterocycles. The molecule has 158 valence electrons. The number of halogens is 2. The maximum absolute atomic E-state index is 12.6. The zero-order valence-electron chi connectivity index (χ0n) is 16.7. The molecule has 0 atom stereocenters. The zero-order valence-corrected chi connectivity index (χ0v) is 18.3. The molecule has 0 aliphatic heterocycles. The van der Waals surface area contributed by atoms with Crippen molar-refractivity contribution in [2.45, 2.75) is 13.0 Å². The zero-order chi connectivity index (χ0) is 21.7. The molecule has 30 heavy (non-hydrogen) atoms. The van der Waals surface area contributed by atoms with Crippen LogP contribution < -0.4 is 19.5 Å². The van der Waals surface area contributed by atoms with Crippen LogP contribution in [0, 0.1) is 0 Å². The highest BCUT2D eigenvalue weighted by molar-refractivity contribution is 6.42. The Morgan fingerprint density at radius 3 is 2.40 bits per heavy atom. The highest BCUT2D eigenvalue weighted by atomic mass is 35.5. The third-order valence-corrected chi connectivity index (χ3v) is 5.28. The predicted octanol–water partition coefficient (Wildman–Crippen LogP) is 4.45. The van der Waals surface area contributed by atoms with Crippen molar-refractivity contribution in [3.8, 4) is 17.2 Å². The smallest absolute Gasteiger partial charge is 0.229 e. The van der Waals surface area contributed by atoms with Gasteiger partial charge in [-0.05, 0) is 29.3 Å². The molecule has 0 unspecified atom stereocenters. The van der Waals surface area contributed by atoms with E-state index in [-0.39, 0.29) is 12.3 Å². The summed E-state index contributed by atoms with van der Waals surface area (Å²) in [5.41, 5.74) is 1.51. The highest BCUT2D eigenvalue weighted by Crippen LogP contribution is 2.38. The lowest BCUT2D eigenvalue weighted by molar-refractivity contribution is -0.115. The van der Waals surface area contributed by atoms with Crippen LogP contribution in [0.1, 0.15) is 11.1 Å². The molecule has 2 aromatic carbocycles. The first kappa shape index (κ1) is 21.8. The standard InChI is InChI=1S/C21H21Cl2N3O4/c1-28-16-9-13(10-17(29-2)21(16)30-3)11-19(27)25-18-7-8-24-26(18)12-14-5-4-6-15(22)20(14)23/h4-10H,11-12H2,1-3H3,(H,25,27). The number of carbonyl (C=O) groups excluding carboxylic acids is 1. The second kappa shape index (κ2) is 9.73. The first-order chi connectivity index (χ1) is 14.5. The van der Waals surface area contributed by atoms with E-state index in [2.05, 4.69) is 10.4 Å². The summed E-state index contributed by atoms with van der Waals surface area (Å²) in [6, 6.07) is 10.6. The van der Waals surface area contributed by atoms with Crippen LogP contribution in [0.15, 0.2) is 42.6 Å². The topological polar surface area (TPSA) is 74.6 Å². The average molecular weight is 450 g/mol. The van der Waals surface area contributed by atoms with Crippen LogP contribution in [-0.4, -0.2) is 37.0 Å². The van der Waals surface area contributed by atoms with E-state index in [9.17, 15) is 4.79 Å². The first-order valence-corrected chi connectivity index (χ1v) is 9.75. The van der Waals surface area contributed by atoms with Crippen LogP contribution in [0.3, 0.4) is 0 Å². The molecule has 7 nitrogen and oxygen atoms in total. The minimum atomic E-state index is -0.219. The molecule has 3 aromatic rings. The Hall–Kier alpha value is -2.90. The highest BCUT2D eigenvalue weighted by Gasteiger charge is 2.16. The number of nitrogens with zero attached hydrogens (tertiary/aromatic N) is 2. The Morgan fingerprint density at radius 2 is 1.77 bits per heavy atom. The van der Waals surface area contributed by atoms with Gasteiger partial charge in [0.2, 0.25) is 11.7 Å². The number of amides is 1. The van der Waals surface area contributed by atoms with Gasteiger partial charge in [0.1, 0.15) is 5.82 Å². The number of methoxy groups -OCH3 is 3. The van der Waals surface area contributed by atoms with Gasteiger partial charge in [-0.25, -0.2) is 4.68 Å². The number of ether oxygens (including phenoxy) is 3. The fourth-order valence-corrected chi connectivity index (χ4v) is 3.39. The van der Waals surface area contributed by atoms with Gasteiger partial charge in [-0.2, -0.15) is 5.10 Å². The van der Waals surface area contributed by atoms with E-state index >= 15 is 0 Å². The fourth-order valence-electron chi connectivity index (χ4n) is 3.01. The quantitative estimate of drug-likeness (QED) is 0.549. The lowest BCUT2D eigenvalue weighted by atomic mass is 10.1. The van der Waals surface area contributed by atoms with E-state index in [1.165, 1.54) is 21.3 Å². The summed E-state index contributed by atoms with van der Waals surface area (Å²) < 4.78 is 17.6. The summed E-state index contributed by atoms with van der Waals surface area (Å²) in [6.07, 6.45) is 1.72. The fraction of sp³-hybridized carbons (Fsp3) is 0.238. The van der Waals surface area contributed by atoms with E-state index in [1.807, 2.05) is 12.1 Å². The van der Waals surface area contributed by atoms with Crippen LogP contribution in [0.4, 0.5) is 5.82 Å². The van der Waals surface area contributed by atoms with Crippen molar-refractivity contribution in [2.24, 2.45) is 0 Å². The minimum Gasteiger partial charge on any atom is -0.493 e. The van der Waals surface area contributed by atoms with Crippen molar-refractivity contribution < 1.29 is 19.0 Å². The number of hydrogen-bond acceptors (Lipinski definition) is 5. The van der Waals surface area contributed by atoms with Crippen molar-refractivity contribution in [2.75, 3.05) is 26.6 Å². The van der Waals surface area contributed by atoms with Gasteiger partial charge in [0.15, 0.2) is 11.5 Å². The van der Waals surface area contributed by atoms with Crippen molar-refractivity contribution in [3.63, 3.8) is 0 Å². The lowest BCUT2D eigenvalue weighted by Crippen LogP contribution is -2.18. The molecule has 0 radical (unpaired) electrons. The lowest BCUT2D eigenvalue weighted by Gasteiger charge is -2.14. The Balaban J connectivity index is 1.75. The molecule has 0 aliphatic carbocycles. The maximum Gasteiger partial charge on any atom is 0.229 e. The first-order valence-electron chi connectivity index (χ1n) is 9.00. The number of rotatable bonds is 8. The number of nitrogens with one attached hydrogen (secondary N) is 1. The van der Waals surface area contributed by atoms with Crippen molar-refractivity contribution >= 4 is 34.9 Å². The second-order valence-electron chi connectivity index (χ2n) is 6.35. The molecular weight excluding hydrogens is 429 g/mol. The minimum absolute atomic E-state index is 0.111. The van der Waals surface area contributed by atoms with Gasteiger partial charge < -0.3 is 19.5 Å². The summed E-state index contributed by atoms with van der Waals surface area (Å²) >= 11 is 12.3. The molecule has 0 saturated heterocycles. The van der Waals surface area contributed by atoms with Gasteiger partial charge >= 0.3 is 0 Å². The third kappa shape index (κ3) is 4.80. The molecular formula is C21H21Cl2N3O4. The van der Waals surface area contributed by atoms with Crippen LogP contribution in [0.5, 0.6) is 17.2 Å². The predicted molar refractivity (Wildman–Crippen MR) is 116 cm³/mol. The Morgan fingerprint density at radius 1 is 1.07 bits per heavy atom. The van der Waals surface area contributed by atoms with Gasteiger partial charge in [-0.1, -0.05) is 35.3 Å². The van der Waals surface area contributed by atoms with Gasteiger partial charge in [0.25, 0.3) is 0 Å². The summed E-state index contributed by atoms with van der Waals surface area (Å²) in [4.78, 5) is 12.6. The molecule has 0 saturated carbocycles. The summed E-state index contributed by atoms with van der Waals surface area (Å²) in [7, 11) is 4.58. The SMILES string of the molecule is COc1cc(CC(=O)Nc2ccnn2Cc2cccc(Cl)c2Cl)cc(OC)c1OC. The molecule has 0 spiro atoms. The Bertz CT molecular complexity index is 1030. The van der Waals surface area contributed by atoms with Crippen LogP contribution in [0.25, 0.3) is 0 Å². The maximum atomic E-state index is 12.6.